The van der Waals surface area contributed by atoms with E-state index in [1.807, 2.05) is 31.2 Å². The zero-order valence-electron chi connectivity index (χ0n) is 12.8. The number of benzene rings is 2. The van der Waals surface area contributed by atoms with Gasteiger partial charge < -0.3 is 10.1 Å². The van der Waals surface area contributed by atoms with E-state index in [9.17, 15) is 9.18 Å². The molecule has 2 aromatic carbocycles. The second-order valence-electron chi connectivity index (χ2n) is 5.19. The largest absolute Gasteiger partial charge is 0.375 e. The normalized spacial score (nSPS) is 12.0. The Labute approximate surface area is 130 Å². The molecule has 0 aliphatic heterocycles. The van der Waals surface area contributed by atoms with Gasteiger partial charge >= 0.3 is 0 Å². The van der Waals surface area contributed by atoms with Crippen LogP contribution in [-0.2, 0) is 16.0 Å². The minimum absolute atomic E-state index is 0.109. The lowest BCUT2D eigenvalue weighted by Gasteiger charge is -2.18. The van der Waals surface area contributed by atoms with Gasteiger partial charge in [-0.2, -0.15) is 0 Å². The van der Waals surface area contributed by atoms with Gasteiger partial charge in [0.2, 0.25) is 5.91 Å². The van der Waals surface area contributed by atoms with Crippen molar-refractivity contribution in [3.63, 3.8) is 0 Å². The molecule has 22 heavy (non-hydrogen) atoms. The average Bonchev–Trinajstić information content (AvgIpc) is 2.52. The maximum absolute atomic E-state index is 12.8. The van der Waals surface area contributed by atoms with Crippen LogP contribution in [0.2, 0.25) is 0 Å². The summed E-state index contributed by atoms with van der Waals surface area (Å²) < 4.78 is 18.3. The van der Waals surface area contributed by atoms with Gasteiger partial charge in [-0.1, -0.05) is 36.4 Å². The van der Waals surface area contributed by atoms with Crippen molar-refractivity contribution in [2.45, 2.75) is 19.4 Å². The highest BCUT2D eigenvalue weighted by molar-refractivity contribution is 5.78. The second kappa shape index (κ2) is 7.71. The van der Waals surface area contributed by atoms with Crippen LogP contribution in [-0.4, -0.2) is 19.6 Å². The predicted molar refractivity (Wildman–Crippen MR) is 84.0 cm³/mol. The summed E-state index contributed by atoms with van der Waals surface area (Å²) in [6, 6.07) is 13.9. The van der Waals surface area contributed by atoms with Crippen molar-refractivity contribution < 1.29 is 13.9 Å². The highest BCUT2D eigenvalue weighted by Gasteiger charge is 2.14. The van der Waals surface area contributed by atoms with Crippen molar-refractivity contribution >= 4 is 5.91 Å². The fraction of sp³-hybridized carbons (Fsp3) is 0.278. The molecule has 0 fully saturated rings. The van der Waals surface area contributed by atoms with E-state index < -0.39 is 0 Å². The number of hydrogen-bond donors (Lipinski definition) is 1. The Morgan fingerprint density at radius 3 is 2.50 bits per heavy atom. The zero-order chi connectivity index (χ0) is 15.9. The maximum atomic E-state index is 12.8. The highest BCUT2D eigenvalue weighted by Crippen LogP contribution is 2.19. The Kier molecular flexibility index (Phi) is 5.67. The van der Waals surface area contributed by atoms with E-state index in [2.05, 4.69) is 5.32 Å². The average molecular weight is 301 g/mol. The van der Waals surface area contributed by atoms with Gasteiger partial charge in [-0.3, -0.25) is 4.79 Å². The van der Waals surface area contributed by atoms with Crippen LogP contribution in [0.3, 0.4) is 0 Å². The zero-order valence-corrected chi connectivity index (χ0v) is 12.8. The molecule has 0 saturated carbocycles. The Balaban J connectivity index is 1.91. The molecule has 3 nitrogen and oxygen atoms in total. The molecule has 2 aromatic rings. The summed E-state index contributed by atoms with van der Waals surface area (Å²) in [5.41, 5.74) is 2.97. The van der Waals surface area contributed by atoms with Crippen molar-refractivity contribution in [1.82, 2.24) is 5.32 Å². The molecule has 1 amide bonds. The molecular formula is C18H20FNO2. The molecule has 4 heteroatoms. The molecule has 0 radical (unpaired) electrons. The SMILES string of the molecule is CO[C@@H](CNC(=O)Cc1ccc(F)cc1)c1ccccc1C. The topological polar surface area (TPSA) is 38.3 Å². The summed E-state index contributed by atoms with van der Waals surface area (Å²) in [7, 11) is 1.63. The molecule has 1 N–H and O–H groups in total. The smallest absolute Gasteiger partial charge is 0.224 e. The van der Waals surface area contributed by atoms with Crippen LogP contribution in [0, 0.1) is 12.7 Å². The van der Waals surface area contributed by atoms with Crippen LogP contribution >= 0.6 is 0 Å². The molecule has 0 aliphatic carbocycles. The van der Waals surface area contributed by atoms with Crippen LogP contribution in [0.25, 0.3) is 0 Å². The number of rotatable bonds is 6. The van der Waals surface area contributed by atoms with E-state index in [4.69, 9.17) is 4.74 Å². The molecule has 1 atom stereocenters. The van der Waals surface area contributed by atoms with Gasteiger partial charge in [-0.25, -0.2) is 4.39 Å². The third-order valence-electron chi connectivity index (χ3n) is 3.58. The van der Waals surface area contributed by atoms with E-state index in [1.165, 1.54) is 12.1 Å². The third-order valence-corrected chi connectivity index (χ3v) is 3.58. The lowest BCUT2D eigenvalue weighted by molar-refractivity contribution is -0.121. The minimum atomic E-state index is -0.303. The first-order valence-corrected chi connectivity index (χ1v) is 7.19. The summed E-state index contributed by atoms with van der Waals surface area (Å²) in [5.74, 6) is -0.412. The van der Waals surface area contributed by atoms with Gasteiger partial charge in [0, 0.05) is 13.7 Å². The molecule has 2 rings (SSSR count). The molecule has 116 valence electrons. The first kappa shape index (κ1) is 16.2. The minimum Gasteiger partial charge on any atom is -0.375 e. The molecule has 0 bridgehead atoms. The van der Waals surface area contributed by atoms with Gasteiger partial charge in [-0.05, 0) is 35.7 Å². The maximum Gasteiger partial charge on any atom is 0.224 e. The lowest BCUT2D eigenvalue weighted by Crippen LogP contribution is -2.30. The number of ether oxygens (including phenoxy) is 1. The van der Waals surface area contributed by atoms with Crippen LogP contribution in [0.5, 0.6) is 0 Å². The highest BCUT2D eigenvalue weighted by atomic mass is 19.1. The van der Waals surface area contributed by atoms with Gasteiger partial charge in [0.05, 0.1) is 12.5 Å². The summed E-state index contributed by atoms with van der Waals surface area (Å²) in [6.07, 6.45) is 0.0446. The van der Waals surface area contributed by atoms with E-state index >= 15 is 0 Å². The standard InChI is InChI=1S/C18H20FNO2/c1-13-5-3-4-6-16(13)17(22-2)12-20-18(21)11-14-7-9-15(19)10-8-14/h3-10,17H,11-12H2,1-2H3,(H,20,21)/t17-/m0/s1. The first-order chi connectivity index (χ1) is 10.6. The lowest BCUT2D eigenvalue weighted by atomic mass is 10.0. The Morgan fingerprint density at radius 1 is 1.18 bits per heavy atom. The van der Waals surface area contributed by atoms with E-state index in [0.717, 1.165) is 16.7 Å². The van der Waals surface area contributed by atoms with E-state index in [0.29, 0.717) is 6.54 Å². The Morgan fingerprint density at radius 2 is 1.86 bits per heavy atom. The van der Waals surface area contributed by atoms with Gasteiger partial charge in [0.15, 0.2) is 0 Å². The number of carbonyl (C=O) groups is 1. The van der Waals surface area contributed by atoms with E-state index in [-0.39, 0.29) is 24.2 Å². The molecule has 0 heterocycles. The quantitative estimate of drug-likeness (QED) is 0.890. The molecular weight excluding hydrogens is 281 g/mol. The monoisotopic (exact) mass is 301 g/mol. The fourth-order valence-corrected chi connectivity index (χ4v) is 2.32. The summed E-state index contributed by atoms with van der Waals surface area (Å²) in [4.78, 5) is 12.0. The predicted octanol–water partition coefficient (Wildman–Crippen LogP) is 3.18. The molecule has 0 aromatic heterocycles. The molecule has 0 saturated heterocycles. The third kappa shape index (κ3) is 4.40. The van der Waals surface area contributed by atoms with Crippen molar-refractivity contribution in [1.29, 1.82) is 0 Å². The number of hydrogen-bond acceptors (Lipinski definition) is 2. The van der Waals surface area contributed by atoms with Crippen LogP contribution in [0.15, 0.2) is 48.5 Å². The van der Waals surface area contributed by atoms with Crippen molar-refractivity contribution in [2.75, 3.05) is 13.7 Å². The number of nitrogens with one attached hydrogen (secondary N) is 1. The number of amides is 1. The number of methoxy groups -OCH3 is 1. The van der Waals surface area contributed by atoms with Crippen LogP contribution in [0.4, 0.5) is 4.39 Å². The van der Waals surface area contributed by atoms with Gasteiger partial charge in [0.1, 0.15) is 5.82 Å². The number of halogens is 1. The van der Waals surface area contributed by atoms with Crippen molar-refractivity contribution in [2.24, 2.45) is 0 Å². The second-order valence-corrected chi connectivity index (χ2v) is 5.19. The molecule has 0 aliphatic rings. The Bertz CT molecular complexity index is 625. The summed E-state index contributed by atoms with van der Waals surface area (Å²) in [5, 5.41) is 2.86. The summed E-state index contributed by atoms with van der Waals surface area (Å²) >= 11 is 0. The number of aryl methyl sites for hydroxylation is 1. The van der Waals surface area contributed by atoms with Crippen molar-refractivity contribution in [3.05, 3.63) is 71.0 Å². The number of carbonyl (C=O) groups excluding carboxylic acids is 1. The van der Waals surface area contributed by atoms with Gasteiger partial charge in [-0.15, -0.1) is 0 Å². The Hall–Kier alpha value is -2.20. The molecule has 0 unspecified atom stereocenters. The van der Waals surface area contributed by atoms with Crippen LogP contribution < -0.4 is 5.32 Å². The van der Waals surface area contributed by atoms with E-state index in [1.54, 1.807) is 19.2 Å². The molecule has 0 spiro atoms. The summed E-state index contributed by atoms with van der Waals surface area (Å²) in [6.45, 7) is 2.42. The fourth-order valence-electron chi connectivity index (χ4n) is 2.32. The van der Waals surface area contributed by atoms with Crippen LogP contribution in [0.1, 0.15) is 22.8 Å². The van der Waals surface area contributed by atoms with Gasteiger partial charge in [0.25, 0.3) is 0 Å². The first-order valence-electron chi connectivity index (χ1n) is 7.19. The van der Waals surface area contributed by atoms with Crippen molar-refractivity contribution in [3.8, 4) is 0 Å².